The van der Waals surface area contributed by atoms with Crippen LogP contribution in [0.4, 0.5) is 0 Å². The van der Waals surface area contributed by atoms with Gasteiger partial charge in [-0.3, -0.25) is 9.80 Å². The summed E-state index contributed by atoms with van der Waals surface area (Å²) >= 11 is 12.3. The van der Waals surface area contributed by atoms with Crippen molar-refractivity contribution in [3.05, 3.63) is 80.3 Å². The van der Waals surface area contributed by atoms with Gasteiger partial charge >= 0.3 is 0 Å². The fourth-order valence-electron chi connectivity index (χ4n) is 3.95. The van der Waals surface area contributed by atoms with Crippen LogP contribution in [-0.2, 0) is 11.3 Å². The molecule has 31 heavy (non-hydrogen) atoms. The molecule has 1 atom stereocenters. The topological polar surface area (TPSA) is 58.7 Å². The highest BCUT2D eigenvalue weighted by Gasteiger charge is 2.37. The first-order valence-electron chi connectivity index (χ1n) is 10.7. The van der Waals surface area contributed by atoms with Gasteiger partial charge in [0.05, 0.1) is 22.6 Å². The van der Waals surface area contributed by atoms with Crippen LogP contribution in [-0.4, -0.2) is 16.6 Å². The normalized spacial score (nSPS) is 17.6. The van der Waals surface area contributed by atoms with Crippen LogP contribution in [0.5, 0.6) is 0 Å². The van der Waals surface area contributed by atoms with Crippen molar-refractivity contribution in [2.24, 2.45) is 10.8 Å². The second-order valence-electron chi connectivity index (χ2n) is 8.12. The molecule has 164 valence electrons. The largest absolute Gasteiger partial charge is 0.364 e. The predicted molar refractivity (Wildman–Crippen MR) is 129 cm³/mol. The summed E-state index contributed by atoms with van der Waals surface area (Å²) in [5.41, 5.74) is 11.4. The number of unbranched alkanes of at least 4 members (excludes halogenated alkanes) is 2. The smallest absolute Gasteiger partial charge is 0.269 e. The monoisotopic (exact) mass is 457 g/mol. The van der Waals surface area contributed by atoms with Gasteiger partial charge < -0.3 is 5.73 Å². The molecule has 0 radical (unpaired) electrons. The van der Waals surface area contributed by atoms with E-state index in [0.717, 1.165) is 48.0 Å². The van der Waals surface area contributed by atoms with E-state index in [9.17, 15) is 4.79 Å². The number of carbonyl (C=O) groups excluding carboxylic acids is 1. The fraction of sp³-hybridized carbons (Fsp3) is 0.360. The Morgan fingerprint density at radius 3 is 2.42 bits per heavy atom. The lowest BCUT2D eigenvalue weighted by Crippen LogP contribution is -2.26. The van der Waals surface area contributed by atoms with Gasteiger partial charge in [-0.25, -0.2) is 0 Å². The van der Waals surface area contributed by atoms with E-state index >= 15 is 0 Å². The zero-order chi connectivity index (χ0) is 22.5. The molecule has 4 nitrogen and oxygen atoms in total. The summed E-state index contributed by atoms with van der Waals surface area (Å²) in [6, 6.07) is 13.7. The van der Waals surface area contributed by atoms with E-state index in [1.165, 1.54) is 5.56 Å². The molecule has 2 N–H and O–H groups in total. The van der Waals surface area contributed by atoms with Gasteiger partial charge in [-0.15, -0.1) is 0 Å². The molecule has 0 aromatic heterocycles. The summed E-state index contributed by atoms with van der Waals surface area (Å²) in [5, 5.41) is 7.63. The Bertz CT molecular complexity index is 1010. The molecular weight excluding hydrogens is 429 g/mol. The number of carbonyl (C=O) groups is 1. The minimum atomic E-state index is -0.501. The molecule has 0 saturated heterocycles. The van der Waals surface area contributed by atoms with Crippen molar-refractivity contribution < 1.29 is 4.79 Å². The lowest BCUT2D eigenvalue weighted by Gasteiger charge is -2.26. The van der Waals surface area contributed by atoms with Gasteiger partial charge in [-0.1, -0.05) is 84.4 Å². The highest BCUT2D eigenvalue weighted by Crippen LogP contribution is 2.39. The van der Waals surface area contributed by atoms with Crippen molar-refractivity contribution in [1.82, 2.24) is 5.01 Å². The molecule has 0 saturated carbocycles. The summed E-state index contributed by atoms with van der Waals surface area (Å²) in [5.74, 6) is -0.501. The molecule has 0 aliphatic carbocycles. The van der Waals surface area contributed by atoms with Crippen LogP contribution in [0.25, 0.3) is 0 Å². The van der Waals surface area contributed by atoms with Crippen molar-refractivity contribution >= 4 is 34.8 Å². The number of halogens is 2. The molecule has 6 heteroatoms. The maximum absolute atomic E-state index is 12.4. The minimum Gasteiger partial charge on any atom is -0.364 e. The number of rotatable bonds is 8. The average molecular weight is 458 g/mol. The third kappa shape index (κ3) is 5.50. The first-order chi connectivity index (χ1) is 14.8. The fourth-order valence-corrected chi connectivity index (χ4v) is 4.27. The van der Waals surface area contributed by atoms with Crippen molar-refractivity contribution in [2.75, 3.05) is 0 Å². The van der Waals surface area contributed by atoms with Crippen LogP contribution in [0.15, 0.2) is 58.7 Å². The number of amides is 1. The molecule has 3 rings (SSSR count). The third-order valence-corrected chi connectivity index (χ3v) is 6.36. The van der Waals surface area contributed by atoms with Crippen molar-refractivity contribution in [1.29, 1.82) is 0 Å². The molecule has 2 aromatic rings. The molecule has 1 amide bonds. The maximum atomic E-state index is 12.4. The van der Waals surface area contributed by atoms with E-state index in [4.69, 9.17) is 28.9 Å². The van der Waals surface area contributed by atoms with Crippen molar-refractivity contribution in [3.8, 4) is 0 Å². The Hall–Kier alpha value is -2.30. The quantitative estimate of drug-likeness (QED) is 0.453. The lowest BCUT2D eigenvalue weighted by molar-refractivity contribution is -0.111. The summed E-state index contributed by atoms with van der Waals surface area (Å²) < 4.78 is 0. The predicted octanol–water partition coefficient (Wildman–Crippen LogP) is 6.60. The van der Waals surface area contributed by atoms with Crippen LogP contribution < -0.4 is 5.73 Å². The molecule has 1 aliphatic heterocycles. The summed E-state index contributed by atoms with van der Waals surface area (Å²) in [6.45, 7) is 6.82. The van der Waals surface area contributed by atoms with Gasteiger partial charge in [0.25, 0.3) is 5.91 Å². The van der Waals surface area contributed by atoms with Gasteiger partial charge in [-0.2, -0.15) is 5.10 Å². The molecule has 0 bridgehead atoms. The molecule has 1 heterocycles. The molecule has 0 fully saturated rings. The number of nitrogens with zero attached hydrogens (tertiary/aromatic N) is 2. The first-order valence-corrected chi connectivity index (χ1v) is 11.4. The number of primary amides is 1. The highest BCUT2D eigenvalue weighted by atomic mass is 35.5. The Balaban J connectivity index is 2.06. The van der Waals surface area contributed by atoms with Gasteiger partial charge in [0, 0.05) is 5.57 Å². The van der Waals surface area contributed by atoms with Crippen LogP contribution in [0.2, 0.25) is 10.0 Å². The Labute approximate surface area is 194 Å². The number of hydrogen-bond acceptors (Lipinski definition) is 3. The van der Waals surface area contributed by atoms with Crippen LogP contribution in [0, 0.1) is 6.92 Å². The van der Waals surface area contributed by atoms with E-state index < -0.39 is 5.91 Å². The number of benzene rings is 2. The van der Waals surface area contributed by atoms with Crippen molar-refractivity contribution in [3.63, 3.8) is 0 Å². The third-order valence-electron chi connectivity index (χ3n) is 5.63. The van der Waals surface area contributed by atoms with Crippen molar-refractivity contribution in [2.45, 2.75) is 59.0 Å². The first kappa shape index (κ1) is 23.4. The number of hydrazone groups is 1. The molecular formula is C25H29Cl2N3O. The van der Waals surface area contributed by atoms with E-state index in [1.54, 1.807) is 6.07 Å². The van der Waals surface area contributed by atoms with Gasteiger partial charge in [0.1, 0.15) is 0 Å². The number of aryl methyl sites for hydroxylation is 1. The van der Waals surface area contributed by atoms with Crippen LogP contribution >= 0.6 is 23.2 Å². The molecule has 0 spiro atoms. The van der Waals surface area contributed by atoms with Gasteiger partial charge in [0.15, 0.2) is 5.71 Å². The SMILES string of the molecule is CCCCCC(C)=C1C(C(N)=O)=NN(Cc2ccc(Cl)c(Cl)c2)C1c1ccc(C)cc1. The van der Waals surface area contributed by atoms with Crippen LogP contribution in [0.3, 0.4) is 0 Å². The minimum absolute atomic E-state index is 0.181. The maximum Gasteiger partial charge on any atom is 0.269 e. The number of allylic oxidation sites excluding steroid dienone is 1. The van der Waals surface area contributed by atoms with Crippen LogP contribution in [0.1, 0.15) is 62.3 Å². The summed E-state index contributed by atoms with van der Waals surface area (Å²) in [6.07, 6.45) is 4.28. The Kier molecular flexibility index (Phi) is 7.79. The lowest BCUT2D eigenvalue weighted by atomic mass is 9.89. The number of hydrogen-bond donors (Lipinski definition) is 1. The van der Waals surface area contributed by atoms with Gasteiger partial charge in [-0.05, 0) is 49.9 Å². The van der Waals surface area contributed by atoms with E-state index in [2.05, 4.69) is 50.1 Å². The Morgan fingerprint density at radius 1 is 1.10 bits per heavy atom. The molecule has 2 aromatic carbocycles. The second-order valence-corrected chi connectivity index (χ2v) is 8.94. The second kappa shape index (κ2) is 10.3. The number of nitrogens with two attached hydrogens (primary N) is 1. The average Bonchev–Trinajstić information content (AvgIpc) is 3.11. The zero-order valence-corrected chi connectivity index (χ0v) is 19.8. The van der Waals surface area contributed by atoms with Gasteiger partial charge in [0.2, 0.25) is 0 Å². The summed E-state index contributed by atoms with van der Waals surface area (Å²) in [7, 11) is 0. The molecule has 1 unspecified atom stereocenters. The standard InChI is InChI=1S/C25H29Cl2N3O/c1-4-5-6-7-17(3)22-23(25(28)31)29-30(15-18-10-13-20(26)21(27)14-18)24(22)19-11-8-16(2)9-12-19/h8-14,24H,4-7,15H2,1-3H3,(H2,28,31). The summed E-state index contributed by atoms with van der Waals surface area (Å²) in [4.78, 5) is 12.4. The Morgan fingerprint density at radius 2 is 1.81 bits per heavy atom. The van der Waals surface area contributed by atoms with E-state index in [0.29, 0.717) is 22.3 Å². The van der Waals surface area contributed by atoms with E-state index in [-0.39, 0.29) is 6.04 Å². The van der Waals surface area contributed by atoms with E-state index in [1.807, 2.05) is 17.1 Å². The molecule has 1 aliphatic rings. The highest BCUT2D eigenvalue weighted by molar-refractivity contribution is 6.45. The zero-order valence-electron chi connectivity index (χ0n) is 18.3.